The summed E-state index contributed by atoms with van der Waals surface area (Å²) in [7, 11) is 3.04. The molecule has 2 heterocycles. The second kappa shape index (κ2) is 10.5. The Morgan fingerprint density at radius 3 is 2.57 bits per heavy atom. The summed E-state index contributed by atoms with van der Waals surface area (Å²) in [6.45, 7) is 1.62. The molecule has 2 aromatic carbocycles. The molecule has 196 valence electrons. The van der Waals surface area contributed by atoms with E-state index in [9.17, 15) is 14.0 Å². The first kappa shape index (κ1) is 25.3. The number of halogens is 1. The zero-order valence-corrected chi connectivity index (χ0v) is 21.4. The SMILES string of the molecule is COc1cc2sc(C(=O)CC3CC3C(=O)O)cc2cc1OCCCOc1c(OC)cc2c(c1F)CNC2. The predicted molar refractivity (Wildman–Crippen MR) is 136 cm³/mol. The summed E-state index contributed by atoms with van der Waals surface area (Å²) in [6, 6.07) is 7.28. The fourth-order valence-corrected chi connectivity index (χ4v) is 5.66. The zero-order valence-electron chi connectivity index (χ0n) is 20.6. The summed E-state index contributed by atoms with van der Waals surface area (Å²) in [5, 5.41) is 13.1. The van der Waals surface area contributed by atoms with Gasteiger partial charge in [-0.25, -0.2) is 4.39 Å². The summed E-state index contributed by atoms with van der Waals surface area (Å²) in [5.41, 5.74) is 1.49. The lowest BCUT2D eigenvalue weighted by Crippen LogP contribution is -2.08. The van der Waals surface area contributed by atoms with Crippen molar-refractivity contribution in [1.29, 1.82) is 0 Å². The number of rotatable bonds is 12. The number of thiophene rings is 1. The normalized spacial score (nSPS) is 17.9. The van der Waals surface area contributed by atoms with E-state index in [1.54, 1.807) is 13.2 Å². The van der Waals surface area contributed by atoms with E-state index in [2.05, 4.69) is 5.32 Å². The van der Waals surface area contributed by atoms with Crippen molar-refractivity contribution in [3.63, 3.8) is 0 Å². The van der Waals surface area contributed by atoms with Crippen LogP contribution in [0.2, 0.25) is 0 Å². The molecule has 3 aromatic rings. The number of carboxylic acids is 1. The number of carboxylic acid groups (broad SMARTS) is 1. The largest absolute Gasteiger partial charge is 0.493 e. The van der Waals surface area contributed by atoms with Crippen LogP contribution >= 0.6 is 11.3 Å². The van der Waals surface area contributed by atoms with Crippen molar-refractivity contribution < 1.29 is 38.0 Å². The van der Waals surface area contributed by atoms with Crippen molar-refractivity contribution in [2.75, 3.05) is 27.4 Å². The molecule has 2 aliphatic rings. The molecule has 1 aliphatic carbocycles. The molecule has 37 heavy (non-hydrogen) atoms. The van der Waals surface area contributed by atoms with Crippen molar-refractivity contribution in [1.82, 2.24) is 5.32 Å². The average Bonchev–Trinajstić information content (AvgIpc) is 3.29. The molecule has 0 saturated heterocycles. The number of ether oxygens (including phenoxy) is 4. The Bertz CT molecular complexity index is 1350. The van der Waals surface area contributed by atoms with Crippen LogP contribution in [0.1, 0.15) is 40.1 Å². The average molecular weight is 530 g/mol. The van der Waals surface area contributed by atoms with Crippen LogP contribution in [0.3, 0.4) is 0 Å². The molecule has 0 amide bonds. The van der Waals surface area contributed by atoms with Crippen molar-refractivity contribution in [3.05, 3.63) is 46.1 Å². The second-order valence-corrected chi connectivity index (χ2v) is 10.3. The molecule has 0 bridgehead atoms. The Balaban J connectivity index is 1.19. The van der Waals surface area contributed by atoms with Crippen LogP contribution in [0.25, 0.3) is 10.1 Å². The Morgan fingerprint density at radius 2 is 1.84 bits per heavy atom. The number of nitrogens with one attached hydrogen (secondary N) is 1. The lowest BCUT2D eigenvalue weighted by molar-refractivity contribution is -0.138. The molecule has 2 N–H and O–H groups in total. The zero-order chi connectivity index (χ0) is 26.1. The van der Waals surface area contributed by atoms with Crippen molar-refractivity contribution >= 4 is 33.2 Å². The number of hydrogen-bond donors (Lipinski definition) is 2. The minimum absolute atomic E-state index is 0.0430. The highest BCUT2D eigenvalue weighted by molar-refractivity contribution is 7.20. The fraction of sp³-hybridized carbons (Fsp3) is 0.407. The summed E-state index contributed by atoms with van der Waals surface area (Å²) in [6.07, 6.45) is 1.31. The quantitative estimate of drug-likeness (QED) is 0.255. The van der Waals surface area contributed by atoms with Gasteiger partial charge in [0.2, 0.25) is 0 Å². The molecule has 2 unspecified atom stereocenters. The number of ketones is 1. The van der Waals surface area contributed by atoms with Crippen LogP contribution < -0.4 is 24.3 Å². The Kier molecular flexibility index (Phi) is 7.21. The van der Waals surface area contributed by atoms with Crippen LogP contribution in [-0.2, 0) is 17.9 Å². The number of Topliss-reactive ketones (excluding diaryl/α,β-unsaturated/α-hetero) is 1. The van der Waals surface area contributed by atoms with Gasteiger partial charge in [0.15, 0.2) is 34.6 Å². The molecule has 8 nitrogen and oxygen atoms in total. The number of benzene rings is 2. The molecule has 0 spiro atoms. The van der Waals surface area contributed by atoms with Gasteiger partial charge >= 0.3 is 5.97 Å². The molecular weight excluding hydrogens is 501 g/mol. The molecule has 1 fully saturated rings. The number of carbonyl (C=O) groups excluding carboxylic acids is 1. The molecule has 10 heteroatoms. The van der Waals surface area contributed by atoms with Gasteiger partial charge in [-0.2, -0.15) is 0 Å². The highest BCUT2D eigenvalue weighted by atomic mass is 32.1. The Hall–Kier alpha value is -3.37. The van der Waals surface area contributed by atoms with E-state index in [-0.39, 0.29) is 30.5 Å². The molecular formula is C27H28FNO7S. The lowest BCUT2D eigenvalue weighted by Gasteiger charge is -2.15. The minimum Gasteiger partial charge on any atom is -0.493 e. The van der Waals surface area contributed by atoms with Crippen molar-refractivity contribution in [3.8, 4) is 23.0 Å². The van der Waals surface area contributed by atoms with E-state index in [1.165, 1.54) is 18.4 Å². The number of fused-ring (bicyclic) bond motifs is 2. The van der Waals surface area contributed by atoms with E-state index < -0.39 is 17.7 Å². The standard InChI is InChI=1S/C27H28FNO7S/c1-33-20-11-23-15(10-24(37-23)19(30)7-14-6-17(14)27(31)32)8-21(20)35-4-3-5-36-26-22(34-2)9-16-12-29-13-18(16)25(26)28/h8-11,14,17,29H,3-7,12-13H2,1-2H3,(H,31,32). The summed E-state index contributed by atoms with van der Waals surface area (Å²) in [4.78, 5) is 24.3. The number of carbonyl (C=O) groups is 2. The van der Waals surface area contributed by atoms with E-state index in [0.29, 0.717) is 60.2 Å². The van der Waals surface area contributed by atoms with Crippen molar-refractivity contribution in [2.45, 2.75) is 32.4 Å². The van der Waals surface area contributed by atoms with E-state index in [0.717, 1.165) is 15.6 Å². The lowest BCUT2D eigenvalue weighted by atomic mass is 10.1. The molecule has 5 rings (SSSR count). The summed E-state index contributed by atoms with van der Waals surface area (Å²) >= 11 is 1.36. The molecule has 1 aromatic heterocycles. The van der Waals surface area contributed by atoms with Gasteiger partial charge in [0.1, 0.15) is 0 Å². The Morgan fingerprint density at radius 1 is 1.05 bits per heavy atom. The maximum atomic E-state index is 14.9. The molecule has 2 atom stereocenters. The first-order chi connectivity index (χ1) is 17.9. The molecule has 1 saturated carbocycles. The van der Waals surface area contributed by atoms with Crippen LogP contribution in [0.15, 0.2) is 24.3 Å². The molecule has 1 aliphatic heterocycles. The van der Waals surface area contributed by atoms with Gasteiger partial charge in [0.25, 0.3) is 0 Å². The first-order valence-corrected chi connectivity index (χ1v) is 12.9. The van der Waals surface area contributed by atoms with Crippen LogP contribution in [-0.4, -0.2) is 44.3 Å². The molecule has 0 radical (unpaired) electrons. The van der Waals surface area contributed by atoms with Gasteiger partial charge in [-0.05, 0) is 41.5 Å². The van der Waals surface area contributed by atoms with Gasteiger partial charge in [-0.1, -0.05) is 0 Å². The number of hydrogen-bond acceptors (Lipinski definition) is 8. The topological polar surface area (TPSA) is 103 Å². The van der Waals surface area contributed by atoms with E-state index in [1.807, 2.05) is 18.2 Å². The number of aliphatic carboxylic acids is 1. The first-order valence-electron chi connectivity index (χ1n) is 12.1. The van der Waals surface area contributed by atoms with Gasteiger partial charge in [-0.3, -0.25) is 9.59 Å². The van der Waals surface area contributed by atoms with Gasteiger partial charge in [0, 0.05) is 42.3 Å². The second-order valence-electron chi connectivity index (χ2n) is 9.23. The predicted octanol–water partition coefficient (Wildman–Crippen LogP) is 4.80. The van der Waals surface area contributed by atoms with Crippen LogP contribution in [0, 0.1) is 17.7 Å². The smallest absolute Gasteiger partial charge is 0.306 e. The third kappa shape index (κ3) is 5.21. The highest BCUT2D eigenvalue weighted by Crippen LogP contribution is 2.43. The van der Waals surface area contributed by atoms with E-state index >= 15 is 0 Å². The minimum atomic E-state index is -0.833. The van der Waals surface area contributed by atoms with Gasteiger partial charge in [0.05, 0.1) is 38.2 Å². The maximum absolute atomic E-state index is 14.9. The van der Waals surface area contributed by atoms with Crippen LogP contribution in [0.4, 0.5) is 4.39 Å². The fourth-order valence-electron chi connectivity index (χ4n) is 4.64. The Labute approximate surface area is 217 Å². The van der Waals surface area contributed by atoms with Crippen molar-refractivity contribution in [2.24, 2.45) is 11.8 Å². The maximum Gasteiger partial charge on any atom is 0.306 e. The van der Waals surface area contributed by atoms with E-state index in [4.69, 9.17) is 24.1 Å². The summed E-state index contributed by atoms with van der Waals surface area (Å²) < 4.78 is 38.2. The third-order valence-electron chi connectivity index (χ3n) is 6.78. The highest BCUT2D eigenvalue weighted by Gasteiger charge is 2.44. The van der Waals surface area contributed by atoms with Gasteiger partial charge < -0.3 is 29.4 Å². The van der Waals surface area contributed by atoms with Gasteiger partial charge in [-0.15, -0.1) is 11.3 Å². The van der Waals surface area contributed by atoms with Crippen LogP contribution in [0.5, 0.6) is 23.0 Å². The summed E-state index contributed by atoms with van der Waals surface area (Å²) in [5.74, 6) is -0.189. The number of methoxy groups -OCH3 is 2. The third-order valence-corrected chi connectivity index (χ3v) is 7.91. The monoisotopic (exact) mass is 529 g/mol.